The van der Waals surface area contributed by atoms with E-state index in [2.05, 4.69) is 21.2 Å². The molecule has 2 saturated heterocycles. The summed E-state index contributed by atoms with van der Waals surface area (Å²) >= 11 is 0. The Bertz CT molecular complexity index is 964. The highest BCUT2D eigenvalue weighted by Gasteiger charge is 2.35. The molecule has 4 rings (SSSR count). The van der Waals surface area contributed by atoms with Crippen LogP contribution < -0.4 is 10.1 Å². The van der Waals surface area contributed by atoms with Crippen LogP contribution in [0.15, 0.2) is 48.5 Å². The molecule has 2 fully saturated rings. The van der Waals surface area contributed by atoms with Crippen molar-refractivity contribution in [3.63, 3.8) is 0 Å². The molecule has 2 unspecified atom stereocenters. The number of halogens is 1. The fourth-order valence-corrected chi connectivity index (χ4v) is 4.37. The van der Waals surface area contributed by atoms with E-state index in [-0.39, 0.29) is 30.5 Å². The van der Waals surface area contributed by atoms with Crippen molar-refractivity contribution < 1.29 is 18.7 Å². The van der Waals surface area contributed by atoms with Crippen LogP contribution in [0.25, 0.3) is 0 Å². The first-order chi connectivity index (χ1) is 16.1. The zero-order chi connectivity index (χ0) is 23.0. The Balaban J connectivity index is 1.15. The molecule has 0 aliphatic carbocycles. The van der Waals surface area contributed by atoms with Crippen LogP contribution in [-0.4, -0.2) is 73.8 Å². The lowest BCUT2D eigenvalue weighted by Crippen LogP contribution is -2.60. The van der Waals surface area contributed by atoms with E-state index in [1.54, 1.807) is 30.3 Å². The SMILES string of the molecule is N#Cc1ccc(OCCCN2CC3CN(CC(=O)NCc4ccccc4F)CC(C2)O3)cc1. The number of ether oxygens (including phenoxy) is 2. The van der Waals surface area contributed by atoms with Crippen LogP contribution in [0, 0.1) is 17.1 Å². The van der Waals surface area contributed by atoms with E-state index in [0.717, 1.165) is 31.8 Å². The Kier molecular flexibility index (Phi) is 7.89. The third kappa shape index (κ3) is 6.75. The molecule has 2 aromatic carbocycles. The Labute approximate surface area is 193 Å². The van der Waals surface area contributed by atoms with Gasteiger partial charge in [-0.2, -0.15) is 5.26 Å². The van der Waals surface area contributed by atoms with E-state index in [4.69, 9.17) is 14.7 Å². The molecule has 2 bridgehead atoms. The number of fused-ring (bicyclic) bond motifs is 2. The maximum atomic E-state index is 13.7. The summed E-state index contributed by atoms with van der Waals surface area (Å²) in [7, 11) is 0. The van der Waals surface area contributed by atoms with Gasteiger partial charge in [-0.1, -0.05) is 18.2 Å². The van der Waals surface area contributed by atoms with Crippen LogP contribution in [0.3, 0.4) is 0 Å². The van der Waals surface area contributed by atoms with Gasteiger partial charge in [-0.25, -0.2) is 4.39 Å². The summed E-state index contributed by atoms with van der Waals surface area (Å²) < 4.78 is 25.6. The van der Waals surface area contributed by atoms with Gasteiger partial charge in [-0.05, 0) is 36.8 Å². The van der Waals surface area contributed by atoms with Crippen molar-refractivity contribution in [2.24, 2.45) is 0 Å². The van der Waals surface area contributed by atoms with Gasteiger partial charge in [-0.3, -0.25) is 14.6 Å². The van der Waals surface area contributed by atoms with Crippen LogP contribution >= 0.6 is 0 Å². The standard InChI is InChI=1S/C25H29FN4O3/c26-24-5-2-1-4-20(24)13-28-25(31)18-30-16-22-14-29(15-23(17-30)33-22)10-3-11-32-21-8-6-19(12-27)7-9-21/h1-2,4-9,22-23H,3,10-11,13-18H2,(H,28,31). The van der Waals surface area contributed by atoms with Crippen LogP contribution in [-0.2, 0) is 16.1 Å². The van der Waals surface area contributed by atoms with Gasteiger partial charge in [0.05, 0.1) is 37.0 Å². The molecule has 0 radical (unpaired) electrons. The average Bonchev–Trinajstić information content (AvgIpc) is 2.81. The van der Waals surface area contributed by atoms with Crippen LogP contribution in [0.5, 0.6) is 5.75 Å². The quantitative estimate of drug-likeness (QED) is 0.588. The maximum Gasteiger partial charge on any atom is 0.234 e. The molecular weight excluding hydrogens is 423 g/mol. The summed E-state index contributed by atoms with van der Waals surface area (Å²) in [6.07, 6.45) is 1.06. The predicted octanol–water partition coefficient (Wildman–Crippen LogP) is 2.17. The number of carbonyl (C=O) groups excluding carboxylic acids is 1. The summed E-state index contributed by atoms with van der Waals surface area (Å²) in [6.45, 7) is 5.12. The van der Waals surface area contributed by atoms with Crippen molar-refractivity contribution in [3.8, 4) is 11.8 Å². The molecule has 0 aromatic heterocycles. The van der Waals surface area contributed by atoms with E-state index in [1.165, 1.54) is 6.07 Å². The Morgan fingerprint density at radius 2 is 1.79 bits per heavy atom. The normalized spacial score (nSPS) is 20.7. The van der Waals surface area contributed by atoms with E-state index in [9.17, 15) is 9.18 Å². The molecule has 2 aromatic rings. The molecular formula is C25H29FN4O3. The number of nitrogens with zero attached hydrogens (tertiary/aromatic N) is 3. The summed E-state index contributed by atoms with van der Waals surface area (Å²) in [5, 5.41) is 11.7. The predicted molar refractivity (Wildman–Crippen MR) is 121 cm³/mol. The highest BCUT2D eigenvalue weighted by atomic mass is 19.1. The number of hydrogen-bond acceptors (Lipinski definition) is 6. The van der Waals surface area contributed by atoms with Gasteiger partial charge in [0.2, 0.25) is 5.91 Å². The van der Waals surface area contributed by atoms with Crippen molar-refractivity contribution in [3.05, 3.63) is 65.5 Å². The van der Waals surface area contributed by atoms with Crippen molar-refractivity contribution in [2.45, 2.75) is 25.2 Å². The highest BCUT2D eigenvalue weighted by molar-refractivity contribution is 5.78. The number of hydrogen-bond donors (Lipinski definition) is 1. The summed E-state index contributed by atoms with van der Waals surface area (Å²) in [4.78, 5) is 16.9. The summed E-state index contributed by atoms with van der Waals surface area (Å²) in [6, 6.07) is 15.7. The molecule has 7 nitrogen and oxygen atoms in total. The summed E-state index contributed by atoms with van der Waals surface area (Å²) in [5.74, 6) is 0.368. The zero-order valence-electron chi connectivity index (χ0n) is 18.6. The van der Waals surface area contributed by atoms with Gasteiger partial charge in [0, 0.05) is 44.8 Å². The van der Waals surface area contributed by atoms with Crippen LogP contribution in [0.4, 0.5) is 4.39 Å². The van der Waals surface area contributed by atoms with E-state index in [1.807, 2.05) is 12.1 Å². The average molecular weight is 453 g/mol. The smallest absolute Gasteiger partial charge is 0.234 e. The number of carbonyl (C=O) groups is 1. The van der Waals surface area contributed by atoms with Crippen molar-refractivity contribution >= 4 is 5.91 Å². The first kappa shape index (κ1) is 23.2. The molecule has 1 amide bonds. The molecule has 2 atom stereocenters. The fraction of sp³-hybridized carbons (Fsp3) is 0.440. The Morgan fingerprint density at radius 1 is 1.09 bits per heavy atom. The Morgan fingerprint density at radius 3 is 2.48 bits per heavy atom. The lowest BCUT2D eigenvalue weighted by Gasteiger charge is -2.45. The van der Waals surface area contributed by atoms with Gasteiger partial charge in [0.1, 0.15) is 11.6 Å². The first-order valence-corrected chi connectivity index (χ1v) is 11.3. The van der Waals surface area contributed by atoms with Gasteiger partial charge in [0.15, 0.2) is 0 Å². The third-order valence-corrected chi connectivity index (χ3v) is 5.90. The zero-order valence-corrected chi connectivity index (χ0v) is 18.6. The van der Waals surface area contributed by atoms with E-state index >= 15 is 0 Å². The lowest BCUT2D eigenvalue weighted by atomic mass is 10.1. The molecule has 8 heteroatoms. The van der Waals surface area contributed by atoms with Gasteiger partial charge in [0.25, 0.3) is 0 Å². The largest absolute Gasteiger partial charge is 0.494 e. The molecule has 174 valence electrons. The molecule has 33 heavy (non-hydrogen) atoms. The van der Waals surface area contributed by atoms with Crippen LogP contribution in [0.2, 0.25) is 0 Å². The second-order valence-electron chi connectivity index (χ2n) is 8.54. The second kappa shape index (κ2) is 11.2. The van der Waals surface area contributed by atoms with Crippen molar-refractivity contribution in [1.29, 1.82) is 5.26 Å². The number of amides is 1. The number of nitriles is 1. The molecule has 2 aliphatic heterocycles. The van der Waals surface area contributed by atoms with E-state index in [0.29, 0.717) is 37.4 Å². The van der Waals surface area contributed by atoms with Crippen molar-refractivity contribution in [1.82, 2.24) is 15.1 Å². The maximum absolute atomic E-state index is 13.7. The molecule has 2 aliphatic rings. The number of benzene rings is 2. The number of nitrogens with one attached hydrogen (secondary N) is 1. The van der Waals surface area contributed by atoms with Crippen molar-refractivity contribution in [2.75, 3.05) is 45.9 Å². The van der Waals surface area contributed by atoms with Gasteiger partial charge >= 0.3 is 0 Å². The molecule has 1 N–H and O–H groups in total. The van der Waals surface area contributed by atoms with Gasteiger partial charge < -0.3 is 14.8 Å². The second-order valence-corrected chi connectivity index (χ2v) is 8.54. The minimum atomic E-state index is -0.305. The molecule has 0 spiro atoms. The summed E-state index contributed by atoms with van der Waals surface area (Å²) in [5.41, 5.74) is 1.11. The molecule has 0 saturated carbocycles. The fourth-order valence-electron chi connectivity index (χ4n) is 4.37. The first-order valence-electron chi connectivity index (χ1n) is 11.3. The minimum Gasteiger partial charge on any atom is -0.494 e. The monoisotopic (exact) mass is 452 g/mol. The highest BCUT2D eigenvalue weighted by Crippen LogP contribution is 2.19. The lowest BCUT2D eigenvalue weighted by molar-refractivity contribution is -0.145. The number of morpholine rings is 2. The topological polar surface area (TPSA) is 77.8 Å². The van der Waals surface area contributed by atoms with E-state index < -0.39 is 0 Å². The Hall–Kier alpha value is -2.99. The van der Waals surface area contributed by atoms with Crippen LogP contribution in [0.1, 0.15) is 17.5 Å². The number of rotatable bonds is 9. The van der Waals surface area contributed by atoms with Gasteiger partial charge in [-0.15, -0.1) is 0 Å². The minimum absolute atomic E-state index is 0.0799. The third-order valence-electron chi connectivity index (χ3n) is 5.90. The molecule has 2 heterocycles.